The zero-order chi connectivity index (χ0) is 9.54. The Hall–Kier alpha value is -0.530. The minimum atomic E-state index is 0.0543. The zero-order valence-corrected chi connectivity index (χ0v) is 8.58. The fourth-order valence-corrected chi connectivity index (χ4v) is 3.73. The van der Waals surface area contributed by atoms with Crippen molar-refractivity contribution in [3.63, 3.8) is 0 Å². The van der Waals surface area contributed by atoms with Crippen LogP contribution in [0.15, 0.2) is 0 Å². The normalized spacial score (nSPS) is 46.7. The van der Waals surface area contributed by atoms with Gasteiger partial charge in [-0.2, -0.15) is 0 Å². The molecule has 3 fully saturated rings. The van der Waals surface area contributed by atoms with Crippen LogP contribution >= 0.6 is 0 Å². The van der Waals surface area contributed by atoms with Crippen LogP contribution in [0.1, 0.15) is 44.9 Å². The van der Waals surface area contributed by atoms with E-state index in [0.29, 0.717) is 18.4 Å². The molecule has 3 unspecified atom stereocenters. The zero-order valence-electron chi connectivity index (χ0n) is 8.58. The van der Waals surface area contributed by atoms with Crippen LogP contribution in [-0.4, -0.2) is 12.1 Å². The largest absolute Gasteiger partial charge is 0.462 e. The van der Waals surface area contributed by atoms with E-state index in [9.17, 15) is 4.79 Å². The third-order valence-corrected chi connectivity index (χ3v) is 4.44. The summed E-state index contributed by atoms with van der Waals surface area (Å²) in [4.78, 5) is 11.2. The molecule has 1 heterocycles. The highest BCUT2D eigenvalue weighted by Crippen LogP contribution is 2.46. The number of rotatable bonds is 0. The first-order valence-corrected chi connectivity index (χ1v) is 6.02. The highest BCUT2D eigenvalue weighted by molar-refractivity contribution is 5.72. The Morgan fingerprint density at radius 1 is 1.00 bits per heavy atom. The fraction of sp³-hybridized carbons (Fsp3) is 0.917. The predicted octanol–water partition coefficient (Wildman–Crippen LogP) is 2.52. The summed E-state index contributed by atoms with van der Waals surface area (Å²) in [6, 6.07) is 0. The lowest BCUT2D eigenvalue weighted by Crippen LogP contribution is -2.34. The third kappa shape index (κ3) is 1.35. The SMILES string of the molecule is O=C1CC2CC3CCCCC3C[C@@H]2O1. The van der Waals surface area contributed by atoms with Gasteiger partial charge in [0.05, 0.1) is 6.42 Å². The van der Waals surface area contributed by atoms with Gasteiger partial charge in [-0.3, -0.25) is 4.79 Å². The van der Waals surface area contributed by atoms with Crippen molar-refractivity contribution < 1.29 is 9.53 Å². The molecule has 0 aromatic rings. The Bertz CT molecular complexity index is 225. The van der Waals surface area contributed by atoms with Crippen LogP contribution in [0, 0.1) is 17.8 Å². The minimum absolute atomic E-state index is 0.0543. The number of fused-ring (bicyclic) bond motifs is 2. The summed E-state index contributed by atoms with van der Waals surface area (Å²) >= 11 is 0. The summed E-state index contributed by atoms with van der Waals surface area (Å²) in [5, 5.41) is 0. The molecule has 3 aliphatic rings. The first kappa shape index (κ1) is 8.75. The van der Waals surface area contributed by atoms with Crippen molar-refractivity contribution in [1.82, 2.24) is 0 Å². The number of ether oxygens (including phenoxy) is 1. The number of esters is 1. The molecule has 0 bridgehead atoms. The molecule has 4 atom stereocenters. The highest BCUT2D eigenvalue weighted by Gasteiger charge is 2.44. The molecule has 2 aliphatic carbocycles. The number of hydrogen-bond acceptors (Lipinski definition) is 2. The first-order valence-electron chi connectivity index (χ1n) is 6.02. The van der Waals surface area contributed by atoms with Crippen LogP contribution in [0.2, 0.25) is 0 Å². The van der Waals surface area contributed by atoms with Gasteiger partial charge in [-0.1, -0.05) is 25.7 Å². The monoisotopic (exact) mass is 194 g/mol. The van der Waals surface area contributed by atoms with Gasteiger partial charge in [0.2, 0.25) is 0 Å². The average molecular weight is 194 g/mol. The van der Waals surface area contributed by atoms with Gasteiger partial charge in [-0.05, 0) is 24.7 Å². The summed E-state index contributed by atoms with van der Waals surface area (Å²) in [5.74, 6) is 2.41. The second kappa shape index (κ2) is 3.25. The van der Waals surface area contributed by atoms with E-state index in [0.717, 1.165) is 11.8 Å². The molecule has 0 aromatic carbocycles. The van der Waals surface area contributed by atoms with Crippen LogP contribution in [0.5, 0.6) is 0 Å². The van der Waals surface area contributed by atoms with Crippen LogP contribution in [-0.2, 0) is 9.53 Å². The lowest BCUT2D eigenvalue weighted by atomic mass is 9.66. The van der Waals surface area contributed by atoms with Crippen molar-refractivity contribution in [1.29, 1.82) is 0 Å². The first-order chi connectivity index (χ1) is 6.83. The van der Waals surface area contributed by atoms with Gasteiger partial charge in [0.1, 0.15) is 6.10 Å². The second-order valence-corrected chi connectivity index (χ2v) is 5.27. The van der Waals surface area contributed by atoms with E-state index < -0.39 is 0 Å². The maximum Gasteiger partial charge on any atom is 0.306 e. The van der Waals surface area contributed by atoms with Gasteiger partial charge < -0.3 is 4.74 Å². The molecule has 0 radical (unpaired) electrons. The van der Waals surface area contributed by atoms with Crippen molar-refractivity contribution in [2.24, 2.45) is 17.8 Å². The van der Waals surface area contributed by atoms with Gasteiger partial charge in [0.15, 0.2) is 0 Å². The van der Waals surface area contributed by atoms with E-state index in [1.54, 1.807) is 0 Å². The topological polar surface area (TPSA) is 26.3 Å². The van der Waals surface area contributed by atoms with Crippen molar-refractivity contribution in [2.45, 2.75) is 51.0 Å². The summed E-state index contributed by atoms with van der Waals surface area (Å²) in [5.41, 5.74) is 0. The van der Waals surface area contributed by atoms with E-state index in [-0.39, 0.29) is 5.97 Å². The maximum atomic E-state index is 11.2. The summed E-state index contributed by atoms with van der Waals surface area (Å²) < 4.78 is 5.38. The number of carbonyl (C=O) groups excluding carboxylic acids is 1. The average Bonchev–Trinajstić information content (AvgIpc) is 2.53. The quantitative estimate of drug-likeness (QED) is 0.554. The summed E-state index contributed by atoms with van der Waals surface area (Å²) in [6.45, 7) is 0. The molecular weight excluding hydrogens is 176 g/mol. The highest BCUT2D eigenvalue weighted by atomic mass is 16.5. The van der Waals surface area contributed by atoms with Crippen molar-refractivity contribution in [3.8, 4) is 0 Å². The Kier molecular flexibility index (Phi) is 2.03. The molecule has 0 amide bonds. The summed E-state index contributed by atoms with van der Waals surface area (Å²) in [6.07, 6.45) is 9.02. The van der Waals surface area contributed by atoms with Gasteiger partial charge in [-0.25, -0.2) is 0 Å². The van der Waals surface area contributed by atoms with E-state index in [1.165, 1.54) is 38.5 Å². The molecule has 0 spiro atoms. The number of hydrogen-bond donors (Lipinski definition) is 0. The van der Waals surface area contributed by atoms with Crippen LogP contribution in [0.25, 0.3) is 0 Å². The maximum absolute atomic E-state index is 11.2. The van der Waals surface area contributed by atoms with E-state index in [1.807, 2.05) is 0 Å². The molecule has 3 rings (SSSR count). The Morgan fingerprint density at radius 3 is 2.50 bits per heavy atom. The standard InChI is InChI=1S/C12H18O2/c13-12-7-10-5-8-3-1-2-4-9(8)6-11(10)14-12/h8-11H,1-7H2/t8?,9?,10?,11-/m0/s1. The van der Waals surface area contributed by atoms with Crippen molar-refractivity contribution in [2.75, 3.05) is 0 Å². The molecule has 2 heteroatoms. The molecule has 0 N–H and O–H groups in total. The molecule has 14 heavy (non-hydrogen) atoms. The molecule has 78 valence electrons. The summed E-state index contributed by atoms with van der Waals surface area (Å²) in [7, 11) is 0. The molecule has 1 saturated heterocycles. The Morgan fingerprint density at radius 2 is 1.71 bits per heavy atom. The Labute approximate surface area is 85.0 Å². The van der Waals surface area contributed by atoms with E-state index in [2.05, 4.69) is 0 Å². The van der Waals surface area contributed by atoms with Gasteiger partial charge in [-0.15, -0.1) is 0 Å². The van der Waals surface area contributed by atoms with Gasteiger partial charge in [0.25, 0.3) is 0 Å². The smallest absolute Gasteiger partial charge is 0.306 e. The minimum Gasteiger partial charge on any atom is -0.462 e. The number of carbonyl (C=O) groups is 1. The van der Waals surface area contributed by atoms with Gasteiger partial charge >= 0.3 is 5.97 Å². The Balaban J connectivity index is 1.73. The molecule has 2 nitrogen and oxygen atoms in total. The molecule has 2 saturated carbocycles. The van der Waals surface area contributed by atoms with Crippen LogP contribution in [0.3, 0.4) is 0 Å². The van der Waals surface area contributed by atoms with Crippen LogP contribution in [0.4, 0.5) is 0 Å². The third-order valence-electron chi connectivity index (χ3n) is 4.44. The fourth-order valence-electron chi connectivity index (χ4n) is 3.73. The van der Waals surface area contributed by atoms with Crippen LogP contribution < -0.4 is 0 Å². The van der Waals surface area contributed by atoms with E-state index >= 15 is 0 Å². The lowest BCUT2D eigenvalue weighted by Gasteiger charge is -2.40. The molecule has 0 aromatic heterocycles. The lowest BCUT2D eigenvalue weighted by molar-refractivity contribution is -0.142. The second-order valence-electron chi connectivity index (χ2n) is 5.27. The predicted molar refractivity (Wildman–Crippen MR) is 52.7 cm³/mol. The van der Waals surface area contributed by atoms with E-state index in [4.69, 9.17) is 4.74 Å². The van der Waals surface area contributed by atoms with Crippen molar-refractivity contribution in [3.05, 3.63) is 0 Å². The van der Waals surface area contributed by atoms with Gasteiger partial charge in [0, 0.05) is 5.92 Å². The molecule has 1 aliphatic heterocycles. The van der Waals surface area contributed by atoms with Crippen molar-refractivity contribution >= 4 is 5.97 Å². The molecular formula is C12H18O2.